The predicted molar refractivity (Wildman–Crippen MR) is 226 cm³/mol. The second-order valence-electron chi connectivity index (χ2n) is 13.3. The number of hydrogen-bond donors (Lipinski definition) is 0. The van der Waals surface area contributed by atoms with Crippen LogP contribution >= 0.6 is 0 Å². The molecule has 0 atom stereocenters. The van der Waals surface area contributed by atoms with E-state index in [-0.39, 0.29) is 0 Å². The van der Waals surface area contributed by atoms with E-state index in [9.17, 15) is 0 Å². The van der Waals surface area contributed by atoms with Gasteiger partial charge >= 0.3 is 0 Å². The molecule has 0 radical (unpaired) electrons. The summed E-state index contributed by atoms with van der Waals surface area (Å²) in [6.45, 7) is 0. The molecule has 0 aliphatic heterocycles. The summed E-state index contributed by atoms with van der Waals surface area (Å²) in [5.74, 6) is 0. The van der Waals surface area contributed by atoms with E-state index in [0.717, 1.165) is 17.1 Å². The second kappa shape index (κ2) is 14.3. The van der Waals surface area contributed by atoms with Crippen LogP contribution in [0.2, 0.25) is 0 Å². The maximum absolute atomic E-state index is 2.42. The van der Waals surface area contributed by atoms with Gasteiger partial charge in [-0.25, -0.2) is 0 Å². The van der Waals surface area contributed by atoms with E-state index in [0.29, 0.717) is 0 Å². The van der Waals surface area contributed by atoms with E-state index in [4.69, 9.17) is 0 Å². The third-order valence-electron chi connectivity index (χ3n) is 10.1. The monoisotopic (exact) mass is 675 g/mol. The fourth-order valence-electron chi connectivity index (χ4n) is 7.48. The first-order valence-corrected chi connectivity index (χ1v) is 18.2. The number of nitrogens with zero attached hydrogens (tertiary/aromatic N) is 1. The first-order chi connectivity index (χ1) is 26.3. The van der Waals surface area contributed by atoms with Gasteiger partial charge < -0.3 is 4.90 Å². The molecular weight excluding hydrogens is 639 g/mol. The quantitative estimate of drug-likeness (QED) is 0.155. The van der Waals surface area contributed by atoms with Crippen LogP contribution in [-0.4, -0.2) is 0 Å². The minimum Gasteiger partial charge on any atom is -0.310 e. The fourth-order valence-corrected chi connectivity index (χ4v) is 7.48. The number of anilines is 3. The topological polar surface area (TPSA) is 3.24 Å². The van der Waals surface area contributed by atoms with E-state index in [1.807, 2.05) is 0 Å². The predicted octanol–water partition coefficient (Wildman–Crippen LogP) is 14.6. The summed E-state index contributed by atoms with van der Waals surface area (Å²) in [5.41, 5.74) is 15.3. The average molecular weight is 676 g/mol. The fraction of sp³-hybridized carbons (Fsp3) is 0. The molecule has 9 rings (SSSR count). The zero-order valence-electron chi connectivity index (χ0n) is 29.3. The normalized spacial score (nSPS) is 11.0. The van der Waals surface area contributed by atoms with Crippen molar-refractivity contribution in [3.63, 3.8) is 0 Å². The lowest BCUT2D eigenvalue weighted by Crippen LogP contribution is -2.11. The van der Waals surface area contributed by atoms with Gasteiger partial charge in [-0.3, -0.25) is 0 Å². The van der Waals surface area contributed by atoms with Crippen LogP contribution in [0.5, 0.6) is 0 Å². The second-order valence-corrected chi connectivity index (χ2v) is 13.3. The Balaban J connectivity index is 1.28. The van der Waals surface area contributed by atoms with Gasteiger partial charge in [0.1, 0.15) is 0 Å². The summed E-state index contributed by atoms with van der Waals surface area (Å²) < 4.78 is 0. The molecule has 0 amide bonds. The Morgan fingerprint density at radius 3 is 1.13 bits per heavy atom. The maximum atomic E-state index is 2.42. The van der Waals surface area contributed by atoms with Crippen molar-refractivity contribution < 1.29 is 0 Å². The van der Waals surface area contributed by atoms with Gasteiger partial charge in [-0.15, -0.1) is 0 Å². The van der Waals surface area contributed by atoms with E-state index in [2.05, 4.69) is 229 Å². The third kappa shape index (κ3) is 6.42. The van der Waals surface area contributed by atoms with Crippen molar-refractivity contribution in [3.05, 3.63) is 224 Å². The smallest absolute Gasteiger partial charge is 0.0546 e. The van der Waals surface area contributed by atoms with E-state index in [1.54, 1.807) is 0 Å². The summed E-state index contributed by atoms with van der Waals surface area (Å²) in [5, 5.41) is 2.40. The average Bonchev–Trinajstić information content (AvgIpc) is 3.25. The molecule has 0 saturated carbocycles. The number of hydrogen-bond acceptors (Lipinski definition) is 1. The van der Waals surface area contributed by atoms with Crippen LogP contribution in [-0.2, 0) is 0 Å². The Bertz CT molecular complexity index is 2530. The zero-order chi connectivity index (χ0) is 35.4. The summed E-state index contributed by atoms with van der Waals surface area (Å²) in [7, 11) is 0. The van der Waals surface area contributed by atoms with Crippen molar-refractivity contribution in [2.24, 2.45) is 0 Å². The number of rotatable bonds is 8. The van der Waals surface area contributed by atoms with Gasteiger partial charge in [0, 0.05) is 16.8 Å². The molecule has 53 heavy (non-hydrogen) atoms. The molecule has 0 spiro atoms. The van der Waals surface area contributed by atoms with Gasteiger partial charge in [0.05, 0.1) is 5.69 Å². The Morgan fingerprint density at radius 1 is 0.245 bits per heavy atom. The molecule has 9 aromatic rings. The summed E-state index contributed by atoms with van der Waals surface area (Å²) in [6, 6.07) is 80.9. The van der Waals surface area contributed by atoms with E-state index in [1.165, 1.54) is 66.4 Å². The van der Waals surface area contributed by atoms with Crippen molar-refractivity contribution in [1.29, 1.82) is 0 Å². The molecule has 9 aromatic carbocycles. The molecule has 0 aliphatic carbocycles. The Morgan fingerprint density at radius 2 is 0.623 bits per heavy atom. The van der Waals surface area contributed by atoms with Gasteiger partial charge in [0.2, 0.25) is 0 Å². The molecular formula is C52H37N. The highest BCUT2D eigenvalue weighted by atomic mass is 15.1. The lowest BCUT2D eigenvalue weighted by atomic mass is 9.87. The molecule has 0 heterocycles. The maximum Gasteiger partial charge on any atom is 0.0546 e. The molecule has 0 unspecified atom stereocenters. The molecule has 0 bridgehead atoms. The van der Waals surface area contributed by atoms with Gasteiger partial charge in [-0.1, -0.05) is 188 Å². The van der Waals surface area contributed by atoms with Crippen LogP contribution in [0.15, 0.2) is 224 Å². The van der Waals surface area contributed by atoms with Crippen LogP contribution in [0, 0.1) is 0 Å². The van der Waals surface area contributed by atoms with Gasteiger partial charge in [0.15, 0.2) is 0 Å². The Hall–Kier alpha value is -6.96. The van der Waals surface area contributed by atoms with Crippen LogP contribution < -0.4 is 4.90 Å². The highest BCUT2D eigenvalue weighted by Crippen LogP contribution is 2.47. The molecule has 1 heteroatoms. The standard InChI is InChI=1S/C52H37N/c1-5-16-38(17-6-1)41-28-32-46(33-29-41)53(47-34-30-42(31-35-47)39-18-7-2-8-19-39)51-37-50(43-22-11-4-12-23-43)52(49-27-14-13-26-48(49)51)45-25-15-24-44(36-45)40-20-9-3-10-21-40/h1-37H. The first kappa shape index (κ1) is 32.0. The van der Waals surface area contributed by atoms with Crippen molar-refractivity contribution in [2.75, 3.05) is 4.90 Å². The molecule has 0 fully saturated rings. The van der Waals surface area contributed by atoms with Gasteiger partial charge in [-0.2, -0.15) is 0 Å². The van der Waals surface area contributed by atoms with Crippen molar-refractivity contribution in [2.45, 2.75) is 0 Å². The van der Waals surface area contributed by atoms with Gasteiger partial charge in [0.25, 0.3) is 0 Å². The lowest BCUT2D eigenvalue weighted by molar-refractivity contribution is 1.30. The lowest BCUT2D eigenvalue weighted by Gasteiger charge is -2.29. The minimum atomic E-state index is 1.10. The van der Waals surface area contributed by atoms with Crippen LogP contribution in [0.3, 0.4) is 0 Å². The van der Waals surface area contributed by atoms with Crippen molar-refractivity contribution >= 4 is 27.8 Å². The molecule has 1 nitrogen and oxygen atoms in total. The van der Waals surface area contributed by atoms with E-state index >= 15 is 0 Å². The van der Waals surface area contributed by atoms with E-state index < -0.39 is 0 Å². The molecule has 250 valence electrons. The highest BCUT2D eigenvalue weighted by Gasteiger charge is 2.22. The third-order valence-corrected chi connectivity index (χ3v) is 10.1. The van der Waals surface area contributed by atoms with Gasteiger partial charge in [-0.05, 0) is 97.4 Å². The summed E-state index contributed by atoms with van der Waals surface area (Å²) in [4.78, 5) is 2.42. The highest BCUT2D eigenvalue weighted by molar-refractivity contribution is 6.12. The van der Waals surface area contributed by atoms with Crippen LogP contribution in [0.25, 0.3) is 66.4 Å². The molecule has 0 aliphatic rings. The summed E-state index contributed by atoms with van der Waals surface area (Å²) >= 11 is 0. The van der Waals surface area contributed by atoms with Crippen LogP contribution in [0.4, 0.5) is 17.1 Å². The van der Waals surface area contributed by atoms with Crippen molar-refractivity contribution in [3.8, 4) is 55.6 Å². The number of benzene rings is 9. The largest absolute Gasteiger partial charge is 0.310 e. The summed E-state index contributed by atoms with van der Waals surface area (Å²) in [6.07, 6.45) is 0. The van der Waals surface area contributed by atoms with Crippen molar-refractivity contribution in [1.82, 2.24) is 0 Å². The minimum absolute atomic E-state index is 1.10. The SMILES string of the molecule is c1ccc(-c2ccc(N(c3ccc(-c4ccccc4)cc3)c3cc(-c4ccccc4)c(-c4cccc(-c5ccccc5)c4)c4ccccc34)cc2)cc1. The first-order valence-electron chi connectivity index (χ1n) is 18.2. The Labute approximate surface area is 311 Å². The molecule has 0 N–H and O–H groups in total. The number of fused-ring (bicyclic) bond motifs is 1. The van der Waals surface area contributed by atoms with Crippen LogP contribution in [0.1, 0.15) is 0 Å². The Kier molecular flexibility index (Phi) is 8.66. The molecule has 0 saturated heterocycles. The molecule has 0 aromatic heterocycles. The zero-order valence-corrected chi connectivity index (χ0v) is 29.3.